The number of aliphatic hydroxyl groups is 1. The number of likely N-dealkylation sites (N-methyl/N-ethyl adjacent to an activating group) is 1. The molecule has 5 atom stereocenters. The maximum atomic E-state index is 12.8. The molecule has 0 aromatic heterocycles. The summed E-state index contributed by atoms with van der Waals surface area (Å²) >= 11 is 1.85. The molecule has 2 aliphatic heterocycles. The van der Waals surface area contributed by atoms with Crippen molar-refractivity contribution in [2.45, 2.75) is 49.3 Å². The molecule has 2 bridgehead atoms. The van der Waals surface area contributed by atoms with Gasteiger partial charge >= 0.3 is 0 Å². The number of hydrogen-bond acceptors (Lipinski definition) is 5. The molecule has 5 nitrogen and oxygen atoms in total. The third-order valence-electron chi connectivity index (χ3n) is 6.95. The van der Waals surface area contributed by atoms with Gasteiger partial charge < -0.3 is 12.9 Å². The molecule has 1 saturated carbocycles. The van der Waals surface area contributed by atoms with E-state index in [0.29, 0.717) is 24.3 Å². The van der Waals surface area contributed by atoms with Crippen molar-refractivity contribution in [3.63, 3.8) is 0 Å². The Morgan fingerprint density at radius 2 is 2.25 bits per heavy atom. The first-order chi connectivity index (χ1) is 11.4. The smallest absolute Gasteiger partial charge is 0.192 e. The first-order valence-corrected chi connectivity index (χ1v) is 9.40. The van der Waals surface area contributed by atoms with Crippen LogP contribution >= 0.6 is 23.0 Å². The highest BCUT2D eigenvalue weighted by atomic mass is 127. The molecule has 0 unspecified atom stereocenters. The largest absolute Gasteiger partial charge is 0.477 e. The molecule has 1 aromatic carbocycles. The highest BCUT2D eigenvalue weighted by molar-refractivity contribution is 14.1. The summed E-state index contributed by atoms with van der Waals surface area (Å²) in [5.74, 6) is 1.56. The van der Waals surface area contributed by atoms with Gasteiger partial charge in [-0.05, 0) is 37.4 Å². The SMILES string of the molecule is C[C@H]1CN(C)[C@@H]2Cc3ccc(OI)c4c3[C@]13[C@@H](O4)C(=O)CC[C@@]23O. The fraction of sp³-hybridized carbons (Fsp3) is 0.611. The minimum absolute atomic E-state index is 0.0257. The van der Waals surface area contributed by atoms with E-state index in [1.165, 1.54) is 5.56 Å². The summed E-state index contributed by atoms with van der Waals surface area (Å²) in [6, 6.07) is 4.03. The second-order valence-electron chi connectivity index (χ2n) is 7.82. The molecule has 2 heterocycles. The lowest BCUT2D eigenvalue weighted by atomic mass is 9.46. The molecule has 2 aliphatic carbocycles. The fourth-order valence-corrected chi connectivity index (χ4v) is 6.48. The van der Waals surface area contributed by atoms with Crippen LogP contribution in [-0.2, 0) is 16.6 Å². The highest BCUT2D eigenvalue weighted by Crippen LogP contribution is 2.66. The van der Waals surface area contributed by atoms with Crippen LogP contribution in [0.5, 0.6) is 11.5 Å². The monoisotopic (exact) mass is 441 g/mol. The summed E-state index contributed by atoms with van der Waals surface area (Å²) in [6.07, 6.45) is 1.09. The van der Waals surface area contributed by atoms with Crippen LogP contribution in [0.4, 0.5) is 0 Å². The number of nitrogens with zero attached hydrogens (tertiary/aromatic N) is 1. The van der Waals surface area contributed by atoms with Gasteiger partial charge in [0.1, 0.15) is 0 Å². The van der Waals surface area contributed by atoms with Gasteiger partial charge in [0, 0.05) is 24.6 Å². The minimum Gasteiger partial charge on any atom is -0.477 e. The fourth-order valence-electron chi connectivity index (χ4n) is 6.14. The zero-order valence-electron chi connectivity index (χ0n) is 13.7. The van der Waals surface area contributed by atoms with Gasteiger partial charge in [-0.25, -0.2) is 0 Å². The summed E-state index contributed by atoms with van der Waals surface area (Å²) in [4.78, 5) is 15.1. The number of piperidine rings is 1. The molecule has 5 rings (SSSR count). The van der Waals surface area contributed by atoms with Crippen LogP contribution in [-0.4, -0.2) is 47.1 Å². The number of carbonyl (C=O) groups excluding carboxylic acids is 1. The van der Waals surface area contributed by atoms with E-state index in [4.69, 9.17) is 7.80 Å². The van der Waals surface area contributed by atoms with Crippen LogP contribution in [0.1, 0.15) is 30.9 Å². The average molecular weight is 441 g/mol. The molecule has 1 aromatic rings. The van der Waals surface area contributed by atoms with Crippen molar-refractivity contribution >= 4 is 28.8 Å². The third-order valence-corrected chi connectivity index (χ3v) is 7.43. The number of halogens is 1. The van der Waals surface area contributed by atoms with E-state index in [1.54, 1.807) is 0 Å². The van der Waals surface area contributed by atoms with Crippen LogP contribution in [0.15, 0.2) is 12.1 Å². The van der Waals surface area contributed by atoms with Crippen LogP contribution in [0, 0.1) is 5.92 Å². The molecule has 0 amide bonds. The van der Waals surface area contributed by atoms with Gasteiger partial charge in [-0.1, -0.05) is 13.0 Å². The molecule has 1 N–H and O–H groups in total. The standard InChI is InChI=1S/C18H20INO4/c1-9-8-20(2)13-7-10-3-4-12(24-19)15-14(10)18(9)16(23-15)11(21)5-6-17(13,18)22/h3-4,9,13,16,22H,5-8H2,1-2H3/t9-,13+,16-,17+,18-/m0/s1. The number of ketones is 1. The quantitative estimate of drug-likeness (QED) is 0.676. The van der Waals surface area contributed by atoms with Crippen molar-refractivity contribution in [1.29, 1.82) is 0 Å². The van der Waals surface area contributed by atoms with Crippen LogP contribution in [0.2, 0.25) is 0 Å². The van der Waals surface area contributed by atoms with Crippen molar-refractivity contribution in [2.75, 3.05) is 13.6 Å². The van der Waals surface area contributed by atoms with E-state index in [1.807, 2.05) is 29.1 Å². The van der Waals surface area contributed by atoms with E-state index < -0.39 is 17.1 Å². The molecule has 2 fully saturated rings. The normalized spacial score (nSPS) is 42.5. The first kappa shape index (κ1) is 15.4. The molecular weight excluding hydrogens is 421 g/mol. The zero-order chi connectivity index (χ0) is 16.9. The second kappa shape index (κ2) is 4.65. The molecule has 128 valence electrons. The number of ether oxygens (including phenoxy) is 1. The van der Waals surface area contributed by atoms with Crippen LogP contribution < -0.4 is 7.80 Å². The number of likely N-dealkylation sites (tertiary alicyclic amines) is 1. The number of rotatable bonds is 1. The molecule has 0 radical (unpaired) electrons. The minimum atomic E-state index is -0.930. The van der Waals surface area contributed by atoms with Gasteiger partial charge in [-0.2, -0.15) is 0 Å². The lowest BCUT2D eigenvalue weighted by Gasteiger charge is -2.64. The molecular formula is C18H20INO4. The Morgan fingerprint density at radius 3 is 3.00 bits per heavy atom. The Balaban J connectivity index is 1.89. The van der Waals surface area contributed by atoms with Crippen LogP contribution in [0.3, 0.4) is 0 Å². The lowest BCUT2D eigenvalue weighted by Crippen LogP contribution is -2.78. The third kappa shape index (κ3) is 1.44. The first-order valence-electron chi connectivity index (χ1n) is 8.52. The van der Waals surface area contributed by atoms with E-state index in [-0.39, 0.29) is 17.7 Å². The number of hydrogen-bond donors (Lipinski definition) is 1. The number of benzene rings is 1. The summed E-state index contributed by atoms with van der Waals surface area (Å²) in [7, 11) is 2.08. The zero-order valence-corrected chi connectivity index (χ0v) is 15.9. The van der Waals surface area contributed by atoms with Gasteiger partial charge in [0.05, 0.1) is 11.0 Å². The Labute approximate surface area is 155 Å². The molecule has 6 heteroatoms. The molecule has 1 saturated heterocycles. The number of carbonyl (C=O) groups is 1. The lowest BCUT2D eigenvalue weighted by molar-refractivity contribution is -0.201. The van der Waals surface area contributed by atoms with E-state index in [0.717, 1.165) is 18.5 Å². The van der Waals surface area contributed by atoms with Gasteiger partial charge in [-0.3, -0.25) is 9.69 Å². The Kier molecular flexibility index (Phi) is 2.98. The maximum Gasteiger partial charge on any atom is 0.192 e. The van der Waals surface area contributed by atoms with E-state index in [2.05, 4.69) is 24.9 Å². The Morgan fingerprint density at radius 1 is 1.46 bits per heavy atom. The number of Topliss-reactive ketones (excluding diaryl/α,β-unsaturated/α-hetero) is 1. The van der Waals surface area contributed by atoms with Gasteiger partial charge in [-0.15, -0.1) is 0 Å². The van der Waals surface area contributed by atoms with Crippen molar-refractivity contribution in [3.05, 3.63) is 23.3 Å². The van der Waals surface area contributed by atoms with Gasteiger partial charge in [0.2, 0.25) is 0 Å². The molecule has 1 spiro atoms. The van der Waals surface area contributed by atoms with Crippen LogP contribution in [0.25, 0.3) is 0 Å². The van der Waals surface area contributed by atoms with Crippen molar-refractivity contribution in [1.82, 2.24) is 4.90 Å². The summed E-state index contributed by atoms with van der Waals surface area (Å²) in [6.45, 7) is 3.00. The average Bonchev–Trinajstić information content (AvgIpc) is 2.93. The summed E-state index contributed by atoms with van der Waals surface area (Å²) in [5, 5.41) is 11.9. The maximum absolute atomic E-state index is 12.8. The summed E-state index contributed by atoms with van der Waals surface area (Å²) in [5.41, 5.74) is 0.648. The van der Waals surface area contributed by atoms with Gasteiger partial charge in [0.15, 0.2) is 46.4 Å². The topological polar surface area (TPSA) is 59.0 Å². The highest BCUT2D eigenvalue weighted by Gasteiger charge is 2.75. The van der Waals surface area contributed by atoms with E-state index >= 15 is 0 Å². The predicted octanol–water partition coefficient (Wildman–Crippen LogP) is 2.01. The van der Waals surface area contributed by atoms with Crippen molar-refractivity contribution in [3.8, 4) is 11.5 Å². The Bertz CT molecular complexity index is 768. The Hall–Kier alpha value is -0.860. The summed E-state index contributed by atoms with van der Waals surface area (Å²) < 4.78 is 11.7. The molecule has 4 aliphatic rings. The second-order valence-corrected chi connectivity index (χ2v) is 8.26. The van der Waals surface area contributed by atoms with Crippen molar-refractivity contribution in [2.24, 2.45) is 5.92 Å². The van der Waals surface area contributed by atoms with Gasteiger partial charge in [0.25, 0.3) is 0 Å². The predicted molar refractivity (Wildman–Crippen MR) is 95.7 cm³/mol. The van der Waals surface area contributed by atoms with E-state index in [9.17, 15) is 9.90 Å². The van der Waals surface area contributed by atoms with Crippen molar-refractivity contribution < 1.29 is 17.7 Å². The molecule has 24 heavy (non-hydrogen) atoms.